The van der Waals surface area contributed by atoms with Crippen molar-refractivity contribution in [1.82, 2.24) is 4.90 Å². The minimum Gasteiger partial charge on any atom is -0.497 e. The molecule has 1 heterocycles. The van der Waals surface area contributed by atoms with E-state index in [0.29, 0.717) is 17.2 Å². The second-order valence-electron chi connectivity index (χ2n) is 4.18. The smallest absolute Gasteiger partial charge is 0.254 e. The van der Waals surface area contributed by atoms with E-state index in [1.54, 1.807) is 13.2 Å². The monoisotopic (exact) mass is 253 g/mol. The van der Waals surface area contributed by atoms with Crippen LogP contribution < -0.4 is 4.74 Å². The molecule has 0 bridgehead atoms. The second kappa shape index (κ2) is 5.41. The molecule has 4 heteroatoms. The number of ether oxygens (including phenoxy) is 1. The van der Waals surface area contributed by atoms with Crippen LogP contribution in [0.4, 0.5) is 0 Å². The lowest BCUT2D eigenvalue weighted by atomic mass is 10.1. The van der Waals surface area contributed by atoms with E-state index in [0.717, 1.165) is 19.4 Å². The Morgan fingerprint density at radius 1 is 1.59 bits per heavy atom. The fraction of sp³-hybridized carbons (Fsp3) is 0.462. The van der Waals surface area contributed by atoms with Gasteiger partial charge in [-0.2, -0.15) is 0 Å². The van der Waals surface area contributed by atoms with Gasteiger partial charge in [-0.25, -0.2) is 0 Å². The molecule has 1 fully saturated rings. The highest BCUT2D eigenvalue weighted by Gasteiger charge is 2.28. The van der Waals surface area contributed by atoms with E-state index in [2.05, 4.69) is 0 Å². The van der Waals surface area contributed by atoms with Crippen molar-refractivity contribution < 1.29 is 9.53 Å². The van der Waals surface area contributed by atoms with E-state index >= 15 is 0 Å². The number of hydrogen-bond acceptors (Lipinski definition) is 2. The summed E-state index contributed by atoms with van der Waals surface area (Å²) < 4.78 is 5.12. The largest absolute Gasteiger partial charge is 0.497 e. The Kier molecular flexibility index (Phi) is 3.89. The highest BCUT2D eigenvalue weighted by molar-refractivity contribution is 6.18. The Balaban J connectivity index is 2.18. The van der Waals surface area contributed by atoms with Crippen LogP contribution in [0.15, 0.2) is 24.3 Å². The Morgan fingerprint density at radius 3 is 3.12 bits per heavy atom. The van der Waals surface area contributed by atoms with E-state index in [1.165, 1.54) is 0 Å². The molecule has 0 aliphatic carbocycles. The van der Waals surface area contributed by atoms with Crippen LogP contribution in [0, 0.1) is 0 Å². The summed E-state index contributed by atoms with van der Waals surface area (Å²) in [6.45, 7) is 0.799. The molecule has 1 saturated heterocycles. The SMILES string of the molecule is COc1cccc(C(=O)N2CCCC2CCl)c1. The lowest BCUT2D eigenvalue weighted by Crippen LogP contribution is -2.36. The second-order valence-corrected chi connectivity index (χ2v) is 4.49. The molecule has 2 rings (SSSR count). The maximum absolute atomic E-state index is 12.3. The zero-order valence-electron chi connectivity index (χ0n) is 9.86. The lowest BCUT2D eigenvalue weighted by Gasteiger charge is -2.23. The molecule has 1 aromatic carbocycles. The van der Waals surface area contributed by atoms with Gasteiger partial charge in [0.05, 0.1) is 7.11 Å². The molecule has 1 aliphatic heterocycles. The molecule has 0 aromatic heterocycles. The number of likely N-dealkylation sites (tertiary alicyclic amines) is 1. The number of benzene rings is 1. The highest BCUT2D eigenvalue weighted by atomic mass is 35.5. The van der Waals surface area contributed by atoms with Gasteiger partial charge < -0.3 is 9.64 Å². The molecule has 0 saturated carbocycles. The minimum atomic E-state index is 0.0482. The van der Waals surface area contributed by atoms with E-state index in [9.17, 15) is 4.79 Å². The summed E-state index contributed by atoms with van der Waals surface area (Å²) in [4.78, 5) is 14.2. The summed E-state index contributed by atoms with van der Waals surface area (Å²) in [6, 6.07) is 7.42. The summed E-state index contributed by atoms with van der Waals surface area (Å²) in [6.07, 6.45) is 2.03. The average Bonchev–Trinajstić information content (AvgIpc) is 2.86. The Morgan fingerprint density at radius 2 is 2.41 bits per heavy atom. The first kappa shape index (κ1) is 12.2. The molecule has 1 aliphatic rings. The van der Waals surface area contributed by atoms with E-state index < -0.39 is 0 Å². The van der Waals surface area contributed by atoms with Crippen LogP contribution in [0.5, 0.6) is 5.75 Å². The van der Waals surface area contributed by atoms with E-state index in [1.807, 2.05) is 23.1 Å². The average molecular weight is 254 g/mol. The summed E-state index contributed by atoms with van der Waals surface area (Å²) in [5.74, 6) is 1.26. The van der Waals surface area contributed by atoms with Gasteiger partial charge in [0.1, 0.15) is 5.75 Å². The molecule has 17 heavy (non-hydrogen) atoms. The molecular formula is C13H16ClNO2. The van der Waals surface area contributed by atoms with Crippen molar-refractivity contribution in [3.05, 3.63) is 29.8 Å². The van der Waals surface area contributed by atoms with Crippen LogP contribution in [0.2, 0.25) is 0 Å². The fourth-order valence-electron chi connectivity index (χ4n) is 2.19. The molecule has 0 spiro atoms. The first-order valence-corrected chi connectivity index (χ1v) is 6.30. The van der Waals surface area contributed by atoms with Crippen LogP contribution in [0.1, 0.15) is 23.2 Å². The third-order valence-corrected chi connectivity index (χ3v) is 3.49. The van der Waals surface area contributed by atoms with Crippen LogP contribution in [0.3, 0.4) is 0 Å². The van der Waals surface area contributed by atoms with Crippen molar-refractivity contribution in [3.8, 4) is 5.75 Å². The third kappa shape index (κ3) is 2.55. The van der Waals surface area contributed by atoms with Crippen LogP contribution in [-0.2, 0) is 0 Å². The highest BCUT2D eigenvalue weighted by Crippen LogP contribution is 2.22. The molecule has 92 valence electrons. The lowest BCUT2D eigenvalue weighted by molar-refractivity contribution is 0.0749. The Labute approximate surface area is 106 Å². The zero-order chi connectivity index (χ0) is 12.3. The van der Waals surface area contributed by atoms with E-state index in [4.69, 9.17) is 16.3 Å². The number of methoxy groups -OCH3 is 1. The Bertz CT molecular complexity index is 408. The number of nitrogens with zero attached hydrogens (tertiary/aromatic N) is 1. The Hall–Kier alpha value is -1.22. The van der Waals surface area contributed by atoms with Gasteiger partial charge in [-0.05, 0) is 31.0 Å². The maximum Gasteiger partial charge on any atom is 0.254 e. The van der Waals surface area contributed by atoms with Gasteiger partial charge in [0.15, 0.2) is 0 Å². The van der Waals surface area contributed by atoms with Crippen molar-refractivity contribution in [1.29, 1.82) is 0 Å². The first-order valence-electron chi connectivity index (χ1n) is 5.77. The van der Waals surface area contributed by atoms with Gasteiger partial charge in [-0.1, -0.05) is 6.07 Å². The van der Waals surface area contributed by atoms with Gasteiger partial charge in [0.25, 0.3) is 5.91 Å². The van der Waals surface area contributed by atoms with Gasteiger partial charge in [-0.15, -0.1) is 11.6 Å². The van der Waals surface area contributed by atoms with Crippen molar-refractivity contribution in [2.45, 2.75) is 18.9 Å². The first-order chi connectivity index (χ1) is 8.26. The molecule has 1 aromatic rings. The number of rotatable bonds is 3. The normalized spacial score (nSPS) is 19.4. The van der Waals surface area contributed by atoms with Crippen molar-refractivity contribution >= 4 is 17.5 Å². The minimum absolute atomic E-state index is 0.0482. The molecule has 1 atom stereocenters. The van der Waals surface area contributed by atoms with Crippen LogP contribution in [0.25, 0.3) is 0 Å². The zero-order valence-corrected chi connectivity index (χ0v) is 10.6. The molecule has 1 amide bonds. The quantitative estimate of drug-likeness (QED) is 0.775. The summed E-state index contributed by atoms with van der Waals surface area (Å²) in [5, 5.41) is 0. The van der Waals surface area contributed by atoms with Gasteiger partial charge >= 0.3 is 0 Å². The van der Waals surface area contributed by atoms with Gasteiger partial charge in [0.2, 0.25) is 0 Å². The number of carbonyl (C=O) groups excluding carboxylic acids is 1. The predicted molar refractivity (Wildman–Crippen MR) is 67.8 cm³/mol. The van der Waals surface area contributed by atoms with Crippen LogP contribution in [-0.4, -0.2) is 36.4 Å². The molecule has 0 radical (unpaired) electrons. The van der Waals surface area contributed by atoms with E-state index in [-0.39, 0.29) is 11.9 Å². The molecule has 0 N–H and O–H groups in total. The number of alkyl halides is 1. The van der Waals surface area contributed by atoms with Gasteiger partial charge in [0, 0.05) is 24.0 Å². The topological polar surface area (TPSA) is 29.5 Å². The number of carbonyl (C=O) groups is 1. The number of hydrogen-bond donors (Lipinski definition) is 0. The van der Waals surface area contributed by atoms with Crippen LogP contribution >= 0.6 is 11.6 Å². The van der Waals surface area contributed by atoms with Crippen molar-refractivity contribution in [2.75, 3.05) is 19.5 Å². The summed E-state index contributed by atoms with van der Waals surface area (Å²) >= 11 is 5.87. The number of halogens is 1. The maximum atomic E-state index is 12.3. The van der Waals surface area contributed by atoms with Crippen molar-refractivity contribution in [3.63, 3.8) is 0 Å². The van der Waals surface area contributed by atoms with Crippen molar-refractivity contribution in [2.24, 2.45) is 0 Å². The summed E-state index contributed by atoms with van der Waals surface area (Å²) in [7, 11) is 1.60. The fourth-order valence-corrected chi connectivity index (χ4v) is 2.51. The van der Waals surface area contributed by atoms with Gasteiger partial charge in [-0.3, -0.25) is 4.79 Å². The summed E-state index contributed by atoms with van der Waals surface area (Å²) in [5.41, 5.74) is 0.668. The molecular weight excluding hydrogens is 238 g/mol. The standard InChI is InChI=1S/C13H16ClNO2/c1-17-12-6-2-4-10(8-12)13(16)15-7-3-5-11(15)9-14/h2,4,6,8,11H,3,5,7,9H2,1H3. The molecule has 1 unspecified atom stereocenters. The number of amides is 1. The predicted octanol–water partition coefficient (Wildman–Crippen LogP) is 2.54. The molecule has 3 nitrogen and oxygen atoms in total. The third-order valence-electron chi connectivity index (χ3n) is 3.13.